The Labute approximate surface area is 174 Å². The van der Waals surface area contributed by atoms with E-state index in [-0.39, 0.29) is 11.3 Å². The predicted molar refractivity (Wildman–Crippen MR) is 115 cm³/mol. The molecule has 0 spiro atoms. The molecule has 2 aliphatic heterocycles. The molecule has 0 unspecified atom stereocenters. The van der Waals surface area contributed by atoms with E-state index < -0.39 is 34.7 Å². The van der Waals surface area contributed by atoms with Crippen LogP contribution in [0.15, 0.2) is 11.3 Å². The van der Waals surface area contributed by atoms with Gasteiger partial charge >= 0.3 is 12.1 Å². The Morgan fingerprint density at radius 2 is 1.77 bits per heavy atom. The van der Waals surface area contributed by atoms with Crippen molar-refractivity contribution in [1.29, 1.82) is 0 Å². The summed E-state index contributed by atoms with van der Waals surface area (Å²) in [5.41, 5.74) is 1.25. The third-order valence-electron chi connectivity index (χ3n) is 3.47. The Morgan fingerprint density at radius 3 is 2.27 bits per heavy atom. The van der Waals surface area contributed by atoms with E-state index in [1.54, 1.807) is 11.8 Å². The first-order chi connectivity index (χ1) is 11.8. The molecule has 26 heavy (non-hydrogen) atoms. The van der Waals surface area contributed by atoms with Crippen molar-refractivity contribution in [2.24, 2.45) is 0 Å². The van der Waals surface area contributed by atoms with Crippen LogP contribution in [0, 0.1) is 0 Å². The summed E-state index contributed by atoms with van der Waals surface area (Å²) in [6.45, 7) is 11.5. The van der Waals surface area contributed by atoms with Crippen molar-refractivity contribution in [2.45, 2.75) is 50.7 Å². The van der Waals surface area contributed by atoms with Gasteiger partial charge in [-0.25, -0.2) is 9.59 Å². The summed E-state index contributed by atoms with van der Waals surface area (Å²) in [4.78, 5) is 38.8. The topological polar surface area (TPSA) is 84.9 Å². The van der Waals surface area contributed by atoms with Gasteiger partial charge in [0.1, 0.15) is 17.1 Å². The van der Waals surface area contributed by atoms with Crippen molar-refractivity contribution >= 4 is 69.0 Å². The summed E-state index contributed by atoms with van der Waals surface area (Å²) in [5, 5.41) is 2.36. The van der Waals surface area contributed by atoms with Crippen molar-refractivity contribution in [2.75, 3.05) is 10.2 Å². The first kappa shape index (κ1) is 21.8. The number of fused-ring (bicyclic) bond motifs is 1. The molecule has 7 nitrogen and oxygen atoms in total. The van der Waals surface area contributed by atoms with Crippen LogP contribution in [0.3, 0.4) is 0 Å². The minimum absolute atomic E-state index is 0.292. The molecular formula is C15H25IN2O5SSi2. The average Bonchev–Trinajstić information content (AvgIpc) is 2.47. The molecule has 0 radical (unpaired) electrons. The minimum Gasteiger partial charge on any atom is -0.515 e. The lowest BCUT2D eigenvalue weighted by molar-refractivity contribution is -0.148. The van der Waals surface area contributed by atoms with Gasteiger partial charge in [-0.2, -0.15) is 0 Å². The number of thioether (sulfide) groups is 1. The molecule has 2 aliphatic rings. The minimum atomic E-state index is -2.08. The summed E-state index contributed by atoms with van der Waals surface area (Å²) in [6.07, 6.45) is -0.572. The van der Waals surface area contributed by atoms with Crippen LogP contribution < -0.4 is 5.32 Å². The van der Waals surface area contributed by atoms with Gasteiger partial charge in [0.05, 0.1) is 0 Å². The van der Waals surface area contributed by atoms with E-state index in [0.717, 1.165) is 5.57 Å². The molecule has 0 aromatic carbocycles. The Hall–Kier alpha value is -0.536. The molecule has 11 heteroatoms. The van der Waals surface area contributed by atoms with Crippen LogP contribution in [0.25, 0.3) is 0 Å². The largest absolute Gasteiger partial charge is 0.515 e. The summed E-state index contributed by atoms with van der Waals surface area (Å²) in [7, 11) is -4.12. The van der Waals surface area contributed by atoms with E-state index >= 15 is 0 Å². The number of rotatable bonds is 5. The lowest BCUT2D eigenvalue weighted by Gasteiger charge is -2.49. The highest BCUT2D eigenvalue weighted by atomic mass is 127. The van der Waals surface area contributed by atoms with Gasteiger partial charge in [-0.15, -0.1) is 11.8 Å². The van der Waals surface area contributed by atoms with E-state index in [1.807, 2.05) is 39.3 Å². The van der Waals surface area contributed by atoms with Gasteiger partial charge in [0.2, 0.25) is 16.6 Å². The molecule has 1 N–H and O–H groups in total. The van der Waals surface area contributed by atoms with Gasteiger partial charge in [0.25, 0.3) is 5.91 Å². The molecule has 0 bridgehead atoms. The standard InChI is InChI=1S/C15H25IN2O5SSi2/c1-25(2,3)22-14(20)11-9(7-16)8-24-13-10(12(19)18(11)13)17-15(21)23-26(4,5)6/h10,13H,7-8H2,1-6H3,(H,17,21)/t10-,13-/m1/s1. The molecule has 0 aliphatic carbocycles. The predicted octanol–water partition coefficient (Wildman–Crippen LogP) is 2.90. The molecule has 0 saturated carbocycles. The average molecular weight is 529 g/mol. The molecule has 2 amide bonds. The number of carbonyl (C=O) groups is 3. The maximum Gasteiger partial charge on any atom is 0.394 e. The zero-order valence-electron chi connectivity index (χ0n) is 15.8. The van der Waals surface area contributed by atoms with Crippen molar-refractivity contribution in [1.82, 2.24) is 10.2 Å². The van der Waals surface area contributed by atoms with Gasteiger partial charge in [-0.1, -0.05) is 22.6 Å². The third-order valence-corrected chi connectivity index (χ3v) is 7.33. The lowest BCUT2D eigenvalue weighted by Crippen LogP contribution is -2.71. The third kappa shape index (κ3) is 5.04. The van der Waals surface area contributed by atoms with Crippen molar-refractivity contribution < 1.29 is 23.2 Å². The fourth-order valence-corrected chi connectivity index (χ4v) is 6.15. The number of nitrogens with one attached hydrogen (secondary N) is 1. The number of nitrogens with zero attached hydrogens (tertiary/aromatic N) is 1. The molecule has 1 fully saturated rings. The zero-order valence-corrected chi connectivity index (χ0v) is 20.8. The Bertz CT molecular complexity index is 659. The molecule has 0 aromatic rings. The van der Waals surface area contributed by atoms with Crippen LogP contribution in [0.5, 0.6) is 0 Å². The second-order valence-electron chi connectivity index (χ2n) is 8.12. The first-order valence-corrected chi connectivity index (χ1v) is 17.7. The number of alkyl halides is 1. The van der Waals surface area contributed by atoms with Crippen LogP contribution in [-0.4, -0.2) is 61.1 Å². The molecule has 2 atom stereocenters. The summed E-state index contributed by atoms with van der Waals surface area (Å²) >= 11 is 3.73. The Morgan fingerprint density at radius 1 is 1.19 bits per heavy atom. The highest BCUT2D eigenvalue weighted by Crippen LogP contribution is 2.41. The van der Waals surface area contributed by atoms with Crippen molar-refractivity contribution in [3.8, 4) is 0 Å². The van der Waals surface area contributed by atoms with E-state index in [4.69, 9.17) is 8.85 Å². The summed E-state index contributed by atoms with van der Waals surface area (Å²) < 4.78 is 11.6. The second-order valence-corrected chi connectivity index (χ2v) is 18.8. The maximum atomic E-state index is 12.7. The van der Waals surface area contributed by atoms with E-state index in [1.165, 1.54) is 4.90 Å². The highest BCUT2D eigenvalue weighted by Gasteiger charge is 2.54. The molecule has 2 heterocycles. The van der Waals surface area contributed by atoms with E-state index in [0.29, 0.717) is 15.9 Å². The monoisotopic (exact) mass is 528 g/mol. The first-order valence-electron chi connectivity index (χ1n) is 8.29. The number of β-lactam (4-membered cyclic amide) rings is 1. The van der Waals surface area contributed by atoms with Crippen LogP contribution >= 0.6 is 34.4 Å². The van der Waals surface area contributed by atoms with E-state index in [9.17, 15) is 14.4 Å². The van der Waals surface area contributed by atoms with Gasteiger partial charge < -0.3 is 14.2 Å². The van der Waals surface area contributed by atoms with Gasteiger partial charge in [0, 0.05) is 10.2 Å². The smallest absolute Gasteiger partial charge is 0.394 e. The maximum absolute atomic E-state index is 12.7. The van der Waals surface area contributed by atoms with Crippen molar-refractivity contribution in [3.63, 3.8) is 0 Å². The normalized spacial score (nSPS) is 23.2. The fourth-order valence-electron chi connectivity index (χ4n) is 2.54. The quantitative estimate of drug-likeness (QED) is 0.256. The number of hydrogen-bond acceptors (Lipinski definition) is 6. The second kappa shape index (κ2) is 7.83. The number of amides is 2. The SMILES string of the molecule is C[Si](C)(C)OC(=O)N[C@@H]1C(=O)N2C(C(=O)O[Si](C)(C)C)=C(CI)CS[C@H]12. The summed E-state index contributed by atoms with van der Waals surface area (Å²) in [5.74, 6) is -0.0911. The van der Waals surface area contributed by atoms with Gasteiger partial charge in [-0.05, 0) is 44.9 Å². The Kier molecular flexibility index (Phi) is 6.56. The molecular weight excluding hydrogens is 503 g/mol. The number of hydrogen-bond donors (Lipinski definition) is 1. The number of halogens is 1. The van der Waals surface area contributed by atoms with E-state index in [2.05, 4.69) is 27.9 Å². The molecule has 2 rings (SSSR count). The Balaban J connectivity index is 2.16. The van der Waals surface area contributed by atoms with Crippen LogP contribution in [0.2, 0.25) is 39.3 Å². The van der Waals surface area contributed by atoms with Gasteiger partial charge in [0.15, 0.2) is 0 Å². The molecule has 146 valence electrons. The number of carbonyl (C=O) groups excluding carboxylic acids is 3. The van der Waals surface area contributed by atoms with Crippen LogP contribution in [0.1, 0.15) is 0 Å². The molecule has 0 aromatic heterocycles. The zero-order chi connectivity index (χ0) is 19.9. The molecule has 1 saturated heterocycles. The van der Waals surface area contributed by atoms with Crippen LogP contribution in [0.4, 0.5) is 4.79 Å². The van der Waals surface area contributed by atoms with Crippen molar-refractivity contribution in [3.05, 3.63) is 11.3 Å². The van der Waals surface area contributed by atoms with Crippen LogP contribution in [-0.2, 0) is 18.4 Å². The fraction of sp³-hybridized carbons (Fsp3) is 0.667. The highest BCUT2D eigenvalue weighted by molar-refractivity contribution is 14.1. The summed E-state index contributed by atoms with van der Waals surface area (Å²) in [6, 6.07) is -0.672. The lowest BCUT2D eigenvalue weighted by atomic mass is 10.0. The van der Waals surface area contributed by atoms with Gasteiger partial charge in [-0.3, -0.25) is 9.69 Å².